The highest BCUT2D eigenvalue weighted by atomic mass is 79.9. The van der Waals surface area contributed by atoms with Crippen LogP contribution in [-0.4, -0.2) is 23.0 Å². The lowest BCUT2D eigenvalue weighted by Crippen LogP contribution is -2.01. The number of aromatic nitrogens is 2. The molecule has 1 aromatic carbocycles. The third-order valence-corrected chi connectivity index (χ3v) is 3.74. The second-order valence-corrected chi connectivity index (χ2v) is 5.31. The normalized spacial score (nSPS) is 11.1. The topological polar surface area (TPSA) is 55.0 Å². The molecule has 2 heterocycles. The van der Waals surface area contributed by atoms with Gasteiger partial charge in [0.15, 0.2) is 0 Å². The van der Waals surface area contributed by atoms with E-state index in [9.17, 15) is 4.79 Å². The van der Waals surface area contributed by atoms with E-state index in [4.69, 9.17) is 16.3 Å². The van der Waals surface area contributed by atoms with Gasteiger partial charge in [0.1, 0.15) is 0 Å². The van der Waals surface area contributed by atoms with Crippen LogP contribution in [0.1, 0.15) is 10.4 Å². The third-order valence-electron chi connectivity index (χ3n) is 2.92. The van der Waals surface area contributed by atoms with Crippen molar-refractivity contribution in [2.75, 3.05) is 7.11 Å². The van der Waals surface area contributed by atoms with E-state index in [1.165, 1.54) is 7.11 Å². The zero-order chi connectivity index (χ0) is 13.6. The Morgan fingerprint density at radius 2 is 2.26 bits per heavy atom. The molecule has 0 fully saturated rings. The number of hydrogen-bond acceptors (Lipinski definition) is 3. The Bertz CT molecular complexity index is 813. The Hall–Kier alpha value is -1.59. The second-order valence-electron chi connectivity index (χ2n) is 4.02. The molecule has 96 valence electrons. The van der Waals surface area contributed by atoms with Crippen LogP contribution in [0.2, 0.25) is 5.02 Å². The van der Waals surface area contributed by atoms with Crippen LogP contribution in [0.5, 0.6) is 0 Å². The molecule has 0 atom stereocenters. The van der Waals surface area contributed by atoms with Crippen molar-refractivity contribution in [3.8, 4) is 0 Å². The third kappa shape index (κ3) is 1.89. The summed E-state index contributed by atoms with van der Waals surface area (Å²) in [6, 6.07) is 5.37. The van der Waals surface area contributed by atoms with Gasteiger partial charge in [-0.1, -0.05) is 11.6 Å². The standard InChI is InChI=1S/C13H8BrClN2O2/c1-19-13(18)7-2-3-8-11-9(4-6(14)5-16-11)17-12(8)10(7)15/h2-5,17H,1H3. The highest BCUT2D eigenvalue weighted by molar-refractivity contribution is 9.10. The summed E-state index contributed by atoms with van der Waals surface area (Å²) in [7, 11) is 1.33. The molecule has 0 bridgehead atoms. The van der Waals surface area contributed by atoms with E-state index in [-0.39, 0.29) is 0 Å². The average molecular weight is 340 g/mol. The maximum absolute atomic E-state index is 11.6. The molecule has 6 heteroatoms. The first-order valence-electron chi connectivity index (χ1n) is 5.45. The quantitative estimate of drug-likeness (QED) is 0.684. The Morgan fingerprint density at radius 1 is 1.47 bits per heavy atom. The van der Waals surface area contributed by atoms with E-state index in [2.05, 4.69) is 25.9 Å². The van der Waals surface area contributed by atoms with Gasteiger partial charge in [-0.05, 0) is 34.1 Å². The molecule has 2 aromatic heterocycles. The predicted octanol–water partition coefficient (Wildman–Crippen LogP) is 3.92. The van der Waals surface area contributed by atoms with Crippen LogP contribution in [0.4, 0.5) is 0 Å². The van der Waals surface area contributed by atoms with Crippen molar-refractivity contribution in [3.63, 3.8) is 0 Å². The zero-order valence-electron chi connectivity index (χ0n) is 9.83. The summed E-state index contributed by atoms with van der Waals surface area (Å²) in [5.74, 6) is -0.459. The number of fused-ring (bicyclic) bond motifs is 3. The number of methoxy groups -OCH3 is 1. The first-order chi connectivity index (χ1) is 9.11. The highest BCUT2D eigenvalue weighted by Crippen LogP contribution is 2.32. The van der Waals surface area contributed by atoms with Crippen molar-refractivity contribution < 1.29 is 9.53 Å². The van der Waals surface area contributed by atoms with Gasteiger partial charge in [-0.25, -0.2) is 4.79 Å². The molecule has 0 aliphatic rings. The lowest BCUT2D eigenvalue weighted by atomic mass is 10.1. The van der Waals surface area contributed by atoms with Crippen LogP contribution in [0.25, 0.3) is 21.9 Å². The molecule has 0 spiro atoms. The fourth-order valence-corrected chi connectivity index (χ4v) is 2.67. The van der Waals surface area contributed by atoms with Crippen LogP contribution >= 0.6 is 27.5 Å². The highest BCUT2D eigenvalue weighted by Gasteiger charge is 2.16. The van der Waals surface area contributed by atoms with E-state index in [0.717, 1.165) is 20.9 Å². The van der Waals surface area contributed by atoms with Crippen molar-refractivity contribution in [2.45, 2.75) is 0 Å². The van der Waals surface area contributed by atoms with Crippen molar-refractivity contribution in [3.05, 3.63) is 39.5 Å². The van der Waals surface area contributed by atoms with E-state index in [1.54, 1.807) is 12.3 Å². The van der Waals surface area contributed by atoms with Gasteiger partial charge in [0, 0.05) is 16.1 Å². The van der Waals surface area contributed by atoms with Crippen LogP contribution in [0.15, 0.2) is 28.9 Å². The minimum Gasteiger partial charge on any atom is -0.465 e. The summed E-state index contributed by atoms with van der Waals surface area (Å²) < 4.78 is 5.57. The molecule has 4 nitrogen and oxygen atoms in total. The number of rotatable bonds is 1. The number of ether oxygens (including phenoxy) is 1. The summed E-state index contributed by atoms with van der Waals surface area (Å²) in [5.41, 5.74) is 2.69. The van der Waals surface area contributed by atoms with Crippen molar-refractivity contribution in [2.24, 2.45) is 0 Å². The van der Waals surface area contributed by atoms with Gasteiger partial charge < -0.3 is 9.72 Å². The lowest BCUT2D eigenvalue weighted by molar-refractivity contribution is 0.0601. The number of benzene rings is 1. The van der Waals surface area contributed by atoms with Gasteiger partial charge in [0.05, 0.1) is 34.2 Å². The number of esters is 1. The predicted molar refractivity (Wildman–Crippen MR) is 77.6 cm³/mol. The number of H-pyrrole nitrogens is 1. The number of nitrogens with zero attached hydrogens (tertiary/aromatic N) is 1. The van der Waals surface area contributed by atoms with Crippen molar-refractivity contribution in [1.82, 2.24) is 9.97 Å². The fourth-order valence-electron chi connectivity index (χ4n) is 2.05. The monoisotopic (exact) mass is 338 g/mol. The lowest BCUT2D eigenvalue weighted by Gasteiger charge is -2.02. The Labute approximate surface area is 121 Å². The largest absolute Gasteiger partial charge is 0.465 e. The van der Waals surface area contributed by atoms with E-state index in [0.29, 0.717) is 16.1 Å². The number of nitrogens with one attached hydrogen (secondary N) is 1. The van der Waals surface area contributed by atoms with Crippen LogP contribution in [-0.2, 0) is 4.74 Å². The maximum atomic E-state index is 11.6. The van der Waals surface area contributed by atoms with Gasteiger partial charge >= 0.3 is 5.97 Å². The first kappa shape index (κ1) is 12.4. The Morgan fingerprint density at radius 3 is 3.00 bits per heavy atom. The summed E-state index contributed by atoms with van der Waals surface area (Å²) >= 11 is 9.62. The molecule has 0 saturated heterocycles. The van der Waals surface area contributed by atoms with Gasteiger partial charge in [-0.2, -0.15) is 0 Å². The van der Waals surface area contributed by atoms with E-state index < -0.39 is 5.97 Å². The van der Waals surface area contributed by atoms with Gasteiger partial charge in [-0.3, -0.25) is 4.98 Å². The molecule has 0 aliphatic carbocycles. The molecular formula is C13H8BrClN2O2. The zero-order valence-corrected chi connectivity index (χ0v) is 12.2. The van der Waals surface area contributed by atoms with Crippen molar-refractivity contribution >= 4 is 55.4 Å². The van der Waals surface area contributed by atoms with Gasteiger partial charge in [0.2, 0.25) is 0 Å². The van der Waals surface area contributed by atoms with Crippen molar-refractivity contribution in [1.29, 1.82) is 0 Å². The minimum atomic E-state index is -0.459. The van der Waals surface area contributed by atoms with Crippen LogP contribution in [0.3, 0.4) is 0 Å². The smallest absolute Gasteiger partial charge is 0.339 e. The molecule has 3 rings (SSSR count). The average Bonchev–Trinajstić information content (AvgIpc) is 2.77. The fraction of sp³-hybridized carbons (Fsp3) is 0.0769. The Kier molecular flexibility index (Phi) is 2.95. The molecule has 0 unspecified atom stereocenters. The second kappa shape index (κ2) is 4.51. The van der Waals surface area contributed by atoms with Gasteiger partial charge in [0.25, 0.3) is 0 Å². The number of hydrogen-bond donors (Lipinski definition) is 1. The van der Waals surface area contributed by atoms with Crippen LogP contribution < -0.4 is 0 Å². The van der Waals surface area contributed by atoms with Gasteiger partial charge in [-0.15, -0.1) is 0 Å². The van der Waals surface area contributed by atoms with E-state index in [1.807, 2.05) is 12.1 Å². The summed E-state index contributed by atoms with van der Waals surface area (Å²) in [6.45, 7) is 0. The minimum absolute atomic E-state index is 0.335. The number of carbonyl (C=O) groups excluding carboxylic acids is 1. The number of halogens is 2. The summed E-state index contributed by atoms with van der Waals surface area (Å²) in [6.07, 6.45) is 1.72. The molecule has 19 heavy (non-hydrogen) atoms. The van der Waals surface area contributed by atoms with E-state index >= 15 is 0 Å². The Balaban J connectivity index is 2.37. The SMILES string of the molecule is COC(=O)c1ccc2c([nH]c3cc(Br)cnc32)c1Cl. The summed E-state index contributed by atoms with van der Waals surface area (Å²) in [4.78, 5) is 19.1. The summed E-state index contributed by atoms with van der Waals surface area (Å²) in [5, 5.41) is 1.22. The molecule has 0 saturated carbocycles. The number of aromatic amines is 1. The number of pyridine rings is 1. The molecule has 3 aromatic rings. The first-order valence-corrected chi connectivity index (χ1v) is 6.62. The number of carbonyl (C=O) groups is 1. The molecule has 0 radical (unpaired) electrons. The molecule has 0 amide bonds. The molecular weight excluding hydrogens is 332 g/mol. The molecule has 0 aliphatic heterocycles. The molecule has 1 N–H and O–H groups in total. The maximum Gasteiger partial charge on any atom is 0.339 e. The van der Waals surface area contributed by atoms with Crippen LogP contribution in [0, 0.1) is 0 Å².